The second kappa shape index (κ2) is 9.23. The van der Waals surface area contributed by atoms with Crippen LogP contribution in [-0.4, -0.2) is 54.9 Å². The van der Waals surface area contributed by atoms with Crippen molar-refractivity contribution >= 4 is 17.1 Å². The maximum Gasteiger partial charge on any atom is 0.186 e. The number of thiophene rings is 1. The third-order valence-electron chi connectivity index (χ3n) is 3.45. The van der Waals surface area contributed by atoms with E-state index in [0.29, 0.717) is 6.54 Å². The highest BCUT2D eigenvalue weighted by atomic mass is 32.1. The minimum Gasteiger partial charge on any atom is -0.304 e. The zero-order valence-corrected chi connectivity index (χ0v) is 13.2. The minimum atomic E-state index is 0.250. The first-order valence-electron chi connectivity index (χ1n) is 7.22. The molecule has 1 aromatic rings. The average Bonchev–Trinajstić information content (AvgIpc) is 2.96. The van der Waals surface area contributed by atoms with Crippen LogP contribution in [0.15, 0.2) is 17.5 Å². The van der Waals surface area contributed by atoms with Gasteiger partial charge in [0.25, 0.3) is 0 Å². The van der Waals surface area contributed by atoms with E-state index >= 15 is 0 Å². The summed E-state index contributed by atoms with van der Waals surface area (Å²) in [5, 5.41) is 1.96. The van der Waals surface area contributed by atoms with E-state index in [-0.39, 0.29) is 5.78 Å². The van der Waals surface area contributed by atoms with Crippen molar-refractivity contribution in [2.24, 2.45) is 0 Å². The lowest BCUT2D eigenvalue weighted by molar-refractivity contribution is 0.0934. The van der Waals surface area contributed by atoms with Crippen molar-refractivity contribution < 1.29 is 4.79 Å². The van der Waals surface area contributed by atoms with Gasteiger partial charge in [-0.15, -0.1) is 11.3 Å². The van der Waals surface area contributed by atoms with Crippen molar-refractivity contribution in [2.45, 2.75) is 27.2 Å². The van der Waals surface area contributed by atoms with Crippen LogP contribution < -0.4 is 0 Å². The van der Waals surface area contributed by atoms with Gasteiger partial charge in [0.1, 0.15) is 0 Å². The molecule has 0 unspecified atom stereocenters. The van der Waals surface area contributed by atoms with Crippen molar-refractivity contribution in [3.05, 3.63) is 22.4 Å². The van der Waals surface area contributed by atoms with Crippen molar-refractivity contribution in [1.82, 2.24) is 9.80 Å². The second-order valence-electron chi connectivity index (χ2n) is 4.65. The summed E-state index contributed by atoms with van der Waals surface area (Å²) in [7, 11) is 0. The van der Waals surface area contributed by atoms with Crippen LogP contribution in [-0.2, 0) is 0 Å². The van der Waals surface area contributed by atoms with Gasteiger partial charge in [0.2, 0.25) is 0 Å². The summed E-state index contributed by atoms with van der Waals surface area (Å²) in [6, 6.07) is 3.85. The van der Waals surface area contributed by atoms with Crippen LogP contribution in [0.5, 0.6) is 0 Å². The van der Waals surface area contributed by atoms with Gasteiger partial charge in [-0.3, -0.25) is 9.69 Å². The number of carbonyl (C=O) groups is 1. The molecule has 1 aromatic heterocycles. The SMILES string of the molecule is CCN(CC)CCCN(CC)CC(=O)c1cccs1. The molecule has 0 aliphatic rings. The van der Waals surface area contributed by atoms with Gasteiger partial charge in [-0.2, -0.15) is 0 Å². The van der Waals surface area contributed by atoms with Crippen molar-refractivity contribution in [1.29, 1.82) is 0 Å². The van der Waals surface area contributed by atoms with E-state index in [1.807, 2.05) is 17.5 Å². The number of hydrogen-bond donors (Lipinski definition) is 0. The Kier molecular flexibility index (Phi) is 7.94. The van der Waals surface area contributed by atoms with Gasteiger partial charge < -0.3 is 4.90 Å². The van der Waals surface area contributed by atoms with Crippen LogP contribution in [0.1, 0.15) is 36.9 Å². The molecule has 0 fully saturated rings. The summed E-state index contributed by atoms with van der Waals surface area (Å²) in [6.45, 7) is 12.3. The summed E-state index contributed by atoms with van der Waals surface area (Å²) < 4.78 is 0. The number of hydrogen-bond acceptors (Lipinski definition) is 4. The van der Waals surface area contributed by atoms with Gasteiger partial charge >= 0.3 is 0 Å². The molecule has 0 aliphatic carbocycles. The first-order valence-corrected chi connectivity index (χ1v) is 8.10. The predicted octanol–water partition coefficient (Wildman–Crippen LogP) is 2.98. The maximum atomic E-state index is 12.0. The molecule has 0 N–H and O–H groups in total. The summed E-state index contributed by atoms with van der Waals surface area (Å²) in [4.78, 5) is 17.6. The van der Waals surface area contributed by atoms with Crippen LogP contribution in [0.2, 0.25) is 0 Å². The molecule has 3 nitrogen and oxygen atoms in total. The van der Waals surface area contributed by atoms with Gasteiger partial charge in [-0.25, -0.2) is 0 Å². The van der Waals surface area contributed by atoms with Gasteiger partial charge in [-0.05, 0) is 50.6 Å². The van der Waals surface area contributed by atoms with Crippen LogP contribution in [0, 0.1) is 0 Å². The highest BCUT2D eigenvalue weighted by Crippen LogP contribution is 2.10. The molecule has 19 heavy (non-hydrogen) atoms. The van der Waals surface area contributed by atoms with Crippen molar-refractivity contribution in [3.8, 4) is 0 Å². The lowest BCUT2D eigenvalue weighted by Gasteiger charge is -2.22. The number of ketones is 1. The Morgan fingerprint density at radius 1 is 1.11 bits per heavy atom. The lowest BCUT2D eigenvalue weighted by atomic mass is 10.2. The van der Waals surface area contributed by atoms with E-state index in [9.17, 15) is 4.79 Å². The summed E-state index contributed by atoms with van der Waals surface area (Å²) in [6.07, 6.45) is 1.13. The molecule has 4 heteroatoms. The molecule has 0 saturated heterocycles. The van der Waals surface area contributed by atoms with Crippen LogP contribution in [0.25, 0.3) is 0 Å². The molecular weight excluding hydrogens is 256 g/mol. The van der Waals surface area contributed by atoms with Crippen LogP contribution >= 0.6 is 11.3 Å². The molecule has 0 atom stereocenters. The third kappa shape index (κ3) is 5.85. The van der Waals surface area contributed by atoms with Gasteiger partial charge in [0.15, 0.2) is 5.78 Å². The molecular formula is C15H26N2OS. The standard InChI is InChI=1S/C15H26N2OS/c1-4-16(5-2)10-8-11-17(6-3)13-14(18)15-9-7-12-19-15/h7,9,12H,4-6,8,10-11,13H2,1-3H3. The minimum absolute atomic E-state index is 0.250. The van der Waals surface area contributed by atoms with Crippen molar-refractivity contribution in [3.63, 3.8) is 0 Å². The van der Waals surface area contributed by atoms with E-state index in [4.69, 9.17) is 0 Å². The first kappa shape index (κ1) is 16.3. The predicted molar refractivity (Wildman–Crippen MR) is 83.2 cm³/mol. The van der Waals surface area contributed by atoms with Gasteiger partial charge in [-0.1, -0.05) is 26.8 Å². The van der Waals surface area contributed by atoms with Crippen LogP contribution in [0.3, 0.4) is 0 Å². The quantitative estimate of drug-likeness (QED) is 0.616. The molecule has 0 amide bonds. The number of carbonyl (C=O) groups excluding carboxylic acids is 1. The number of nitrogens with zero attached hydrogens (tertiary/aromatic N) is 2. The Hall–Kier alpha value is -0.710. The van der Waals surface area contributed by atoms with E-state index in [2.05, 4.69) is 30.6 Å². The highest BCUT2D eigenvalue weighted by molar-refractivity contribution is 7.12. The fourth-order valence-electron chi connectivity index (χ4n) is 2.12. The summed E-state index contributed by atoms with van der Waals surface area (Å²) in [5.41, 5.74) is 0. The molecule has 1 heterocycles. The lowest BCUT2D eigenvalue weighted by Crippen LogP contribution is -2.33. The number of rotatable bonds is 10. The maximum absolute atomic E-state index is 12.0. The Morgan fingerprint density at radius 2 is 1.74 bits per heavy atom. The second-order valence-corrected chi connectivity index (χ2v) is 5.60. The Labute approximate surface area is 121 Å². The van der Waals surface area contributed by atoms with E-state index < -0.39 is 0 Å². The molecule has 0 aliphatic heterocycles. The topological polar surface area (TPSA) is 23.6 Å². The van der Waals surface area contributed by atoms with Crippen LogP contribution in [0.4, 0.5) is 0 Å². The van der Waals surface area contributed by atoms with Crippen molar-refractivity contribution in [2.75, 3.05) is 39.3 Å². The molecule has 1 rings (SSSR count). The molecule has 108 valence electrons. The molecule has 0 spiro atoms. The van der Waals surface area contributed by atoms with E-state index in [1.54, 1.807) is 0 Å². The average molecular weight is 282 g/mol. The molecule has 0 saturated carbocycles. The highest BCUT2D eigenvalue weighted by Gasteiger charge is 2.12. The zero-order chi connectivity index (χ0) is 14.1. The smallest absolute Gasteiger partial charge is 0.186 e. The number of likely N-dealkylation sites (N-methyl/N-ethyl adjacent to an activating group) is 1. The zero-order valence-electron chi connectivity index (χ0n) is 12.4. The first-order chi connectivity index (χ1) is 9.21. The van der Waals surface area contributed by atoms with E-state index in [1.165, 1.54) is 11.3 Å². The summed E-state index contributed by atoms with van der Waals surface area (Å²) >= 11 is 1.54. The Balaban J connectivity index is 2.31. The molecule has 0 aromatic carbocycles. The van der Waals surface area contributed by atoms with Gasteiger partial charge in [0, 0.05) is 0 Å². The molecule has 0 bridgehead atoms. The van der Waals surface area contributed by atoms with Gasteiger partial charge in [0.05, 0.1) is 11.4 Å². The Morgan fingerprint density at radius 3 is 2.26 bits per heavy atom. The fraction of sp³-hybridized carbons (Fsp3) is 0.667. The van der Waals surface area contributed by atoms with E-state index in [0.717, 1.165) is 44.0 Å². The number of Topliss-reactive ketones (excluding diaryl/α,β-unsaturated/α-hetero) is 1. The normalized spacial score (nSPS) is 11.4. The largest absolute Gasteiger partial charge is 0.304 e. The fourth-order valence-corrected chi connectivity index (χ4v) is 2.78. The monoisotopic (exact) mass is 282 g/mol. The Bertz CT molecular complexity index is 347. The summed E-state index contributed by atoms with van der Waals surface area (Å²) in [5.74, 6) is 0.250. The third-order valence-corrected chi connectivity index (χ3v) is 4.36. The molecule has 0 radical (unpaired) electrons.